The maximum absolute atomic E-state index is 12.7. The van der Waals surface area contributed by atoms with Gasteiger partial charge in [0.05, 0.1) is 40.5 Å². The summed E-state index contributed by atoms with van der Waals surface area (Å²) in [5.74, 6) is -2.50. The van der Waals surface area contributed by atoms with Crippen molar-refractivity contribution in [3.05, 3.63) is 226 Å². The van der Waals surface area contributed by atoms with Crippen molar-refractivity contribution in [3.8, 4) is 20.9 Å². The van der Waals surface area contributed by atoms with Gasteiger partial charge in [-0.3, -0.25) is 14.9 Å². The molecule has 0 fully saturated rings. The number of aromatic carboxylic acids is 2. The van der Waals surface area contributed by atoms with Crippen molar-refractivity contribution in [2.75, 3.05) is 23.9 Å². The molecular weight excluding hydrogens is 1100 g/mol. The number of nitrogen functional groups attached to an aromatic ring is 2. The van der Waals surface area contributed by atoms with Gasteiger partial charge in [-0.1, -0.05) is 48.5 Å². The second-order valence-corrected chi connectivity index (χ2v) is 19.6. The maximum atomic E-state index is 12.7. The number of nitro groups is 1. The number of hydrogen-bond donors (Lipinski definition) is 5. The molecule has 0 radical (unpaired) electrons. The SMILES string of the molecule is COC(=O)c1ccc2ccn(C)c2c1.Cn1ccc2ccc(C(=O)Nc3cc(-c4cccs4)ccc3N)cc21.Cn1ccc2ccc(C(=O)[O-])cc21.Nc1cc(-c2cccs2)ccc1[N+](=O)[O-].O=C(O)c1ccc2cc[nH]c2c1.[Na+].[Na+].[OH-]. The summed E-state index contributed by atoms with van der Waals surface area (Å²) >= 11 is 3.23. The molecule has 0 atom stereocenters. The van der Waals surface area contributed by atoms with Crippen molar-refractivity contribution in [1.82, 2.24) is 18.7 Å². The van der Waals surface area contributed by atoms with E-state index >= 15 is 0 Å². The van der Waals surface area contributed by atoms with Crippen molar-refractivity contribution in [3.63, 3.8) is 0 Å². The van der Waals surface area contributed by atoms with E-state index in [0.717, 1.165) is 64.5 Å². The van der Waals surface area contributed by atoms with Crippen LogP contribution in [0.4, 0.5) is 22.7 Å². The van der Waals surface area contributed by atoms with E-state index < -0.39 is 16.9 Å². The number of nitrogens with zero attached hydrogens (tertiary/aromatic N) is 4. The number of carboxylic acids is 2. The molecule has 0 aliphatic carbocycles. The van der Waals surface area contributed by atoms with Gasteiger partial charge in [-0.25, -0.2) is 9.59 Å². The number of thiophene rings is 2. The Hall–Kier alpha value is -8.28. The minimum Gasteiger partial charge on any atom is -0.870 e. The summed E-state index contributed by atoms with van der Waals surface area (Å²) in [5, 5.41) is 41.0. The molecule has 6 heterocycles. The molecule has 0 saturated carbocycles. The molecule has 8 N–H and O–H groups in total. The Morgan fingerprint density at radius 2 is 1.09 bits per heavy atom. The molecule has 18 nitrogen and oxygen atoms in total. The van der Waals surface area contributed by atoms with Crippen LogP contribution in [-0.2, 0) is 25.9 Å². The largest absolute Gasteiger partial charge is 1.00 e. The molecule has 1 amide bonds. The number of hydrogen-bond acceptors (Lipinski definition) is 13. The van der Waals surface area contributed by atoms with Crippen LogP contribution in [0.1, 0.15) is 41.4 Å². The third-order valence-corrected chi connectivity index (χ3v) is 14.4. The number of H-pyrrole nitrogens is 1. The summed E-state index contributed by atoms with van der Waals surface area (Å²) in [6.45, 7) is 0. The Bertz CT molecular complexity index is 4170. The van der Waals surface area contributed by atoms with E-state index in [1.165, 1.54) is 13.2 Å². The van der Waals surface area contributed by atoms with Gasteiger partial charge in [-0.2, -0.15) is 0 Å². The zero-order valence-electron chi connectivity index (χ0n) is 45.4. The van der Waals surface area contributed by atoms with E-state index in [2.05, 4.69) is 15.0 Å². The van der Waals surface area contributed by atoms with Crippen LogP contribution in [0.3, 0.4) is 0 Å². The molecular formula is C60H52N8Na2O10S2. The molecule has 0 spiro atoms. The maximum Gasteiger partial charge on any atom is 1.00 e. The molecule has 0 aliphatic rings. The number of anilines is 3. The van der Waals surface area contributed by atoms with Gasteiger partial charge < -0.3 is 60.7 Å². The molecule has 6 aromatic carbocycles. The van der Waals surface area contributed by atoms with E-state index in [1.807, 2.05) is 161 Å². The number of nitro benzene ring substituents is 1. The third kappa shape index (κ3) is 15.8. The van der Waals surface area contributed by atoms with Gasteiger partial charge in [-0.15, -0.1) is 22.7 Å². The van der Waals surface area contributed by atoms with Crippen LogP contribution < -0.4 is 81.0 Å². The molecule has 22 heteroatoms. The molecule has 406 valence electrons. The zero-order valence-corrected chi connectivity index (χ0v) is 51.0. The summed E-state index contributed by atoms with van der Waals surface area (Å²) in [4.78, 5) is 60.2. The molecule has 0 aliphatic heterocycles. The average molecular weight is 1160 g/mol. The Balaban J connectivity index is 0.000000192. The van der Waals surface area contributed by atoms with Crippen LogP contribution in [0, 0.1) is 10.1 Å². The van der Waals surface area contributed by atoms with Crippen LogP contribution in [0.15, 0.2) is 193 Å². The molecule has 6 aromatic heterocycles. The fourth-order valence-electron chi connectivity index (χ4n) is 8.25. The Morgan fingerprint density at radius 1 is 0.598 bits per heavy atom. The number of benzene rings is 6. The van der Waals surface area contributed by atoms with Crippen molar-refractivity contribution < 1.29 is 104 Å². The van der Waals surface area contributed by atoms with Crippen molar-refractivity contribution >= 4 is 113 Å². The standard InChI is InChI=1S/C20H17N3OS.C11H11NO2.C10H8N2O2S.C10H9NO2.C9H7NO2.2Na.H2O/c1-23-9-8-13-4-5-15(12-18(13)23)20(24)22-17-11-14(6-7-16(17)21)19-3-2-10-25-19;1-12-6-5-8-3-4-9(7-10(8)12)11(13)14-2;11-8-6-7(10-2-1-5-15-10)3-4-9(8)12(13)14;1-11-5-4-7-2-3-8(10(12)13)6-9(7)11;11-9(12)7-2-1-6-3-4-10-8(6)5-7;;;/h2-12H,21H2,1H3,(H,22,24);3-7H,1-2H3;1-6H,11H2;2-6H,1H3,(H,12,13);1-5,10H,(H,11,12);;;1H2/q;;;;;2*+1;/p-2. The Labute approximate surface area is 522 Å². The number of carbonyl (C=O) groups is 4. The number of aryl methyl sites for hydroxylation is 3. The number of aromatic nitrogens is 4. The fourth-order valence-corrected chi connectivity index (χ4v) is 9.70. The van der Waals surface area contributed by atoms with E-state index in [9.17, 15) is 34.4 Å². The molecule has 12 aromatic rings. The summed E-state index contributed by atoms with van der Waals surface area (Å²) in [7, 11) is 7.18. The number of amides is 1. The van der Waals surface area contributed by atoms with E-state index in [4.69, 9.17) is 16.6 Å². The predicted molar refractivity (Wildman–Crippen MR) is 315 cm³/mol. The van der Waals surface area contributed by atoms with Gasteiger partial charge in [0.25, 0.3) is 11.6 Å². The van der Waals surface area contributed by atoms with E-state index in [-0.39, 0.29) is 93.4 Å². The van der Waals surface area contributed by atoms with Gasteiger partial charge >= 0.3 is 71.1 Å². The second kappa shape index (κ2) is 29.4. The van der Waals surface area contributed by atoms with Crippen LogP contribution in [0.2, 0.25) is 0 Å². The summed E-state index contributed by atoms with van der Waals surface area (Å²) in [6, 6.07) is 47.4. The summed E-state index contributed by atoms with van der Waals surface area (Å²) < 4.78 is 10.5. The van der Waals surface area contributed by atoms with Gasteiger partial charge in [0.1, 0.15) is 5.69 Å². The smallest absolute Gasteiger partial charge is 0.870 e. The van der Waals surface area contributed by atoms with Crippen molar-refractivity contribution in [2.24, 2.45) is 21.1 Å². The predicted octanol–water partition coefficient (Wildman–Crippen LogP) is 5.85. The number of aromatic amines is 1. The van der Waals surface area contributed by atoms with Crippen molar-refractivity contribution in [2.45, 2.75) is 0 Å². The average Bonchev–Trinajstić information content (AvgIpc) is 4.41. The van der Waals surface area contributed by atoms with Gasteiger partial charge in [0.2, 0.25) is 0 Å². The van der Waals surface area contributed by atoms with E-state index in [0.29, 0.717) is 28.1 Å². The van der Waals surface area contributed by atoms with Crippen LogP contribution in [0.5, 0.6) is 0 Å². The number of fused-ring (bicyclic) bond motifs is 4. The Kier molecular flexibility index (Phi) is 23.2. The topological polar surface area (TPSA) is 289 Å². The van der Waals surface area contributed by atoms with E-state index in [1.54, 1.807) is 83.5 Å². The minimum absolute atomic E-state index is 0. The monoisotopic (exact) mass is 1150 g/mol. The first-order chi connectivity index (χ1) is 38.0. The van der Waals surface area contributed by atoms with Crippen LogP contribution in [-0.4, -0.2) is 65.1 Å². The molecule has 12 rings (SSSR count). The van der Waals surface area contributed by atoms with Gasteiger partial charge in [0.15, 0.2) is 0 Å². The number of methoxy groups -OCH3 is 1. The Morgan fingerprint density at radius 3 is 1.59 bits per heavy atom. The fraction of sp³-hybridized carbons (Fsp3) is 0.0667. The first kappa shape index (κ1) is 64.5. The van der Waals surface area contributed by atoms with Crippen LogP contribution >= 0.6 is 22.7 Å². The molecule has 0 unspecified atom stereocenters. The number of rotatable bonds is 8. The molecule has 82 heavy (non-hydrogen) atoms. The van der Waals surface area contributed by atoms with Crippen molar-refractivity contribution in [1.29, 1.82) is 0 Å². The molecule has 0 bridgehead atoms. The zero-order chi connectivity index (χ0) is 56.3. The summed E-state index contributed by atoms with van der Waals surface area (Å²) in [5.41, 5.74) is 20.5. The number of carbonyl (C=O) groups excluding carboxylic acids is 3. The number of esters is 1. The normalized spacial score (nSPS) is 10.1. The quantitative estimate of drug-likeness (QED) is 0.0394. The third-order valence-electron chi connectivity index (χ3n) is 12.5. The number of ether oxygens (including phenoxy) is 1. The number of carboxylic acid groups (broad SMARTS) is 2. The van der Waals surface area contributed by atoms with Gasteiger partial charge in [-0.05, 0) is 152 Å². The van der Waals surface area contributed by atoms with Gasteiger partial charge in [0, 0.05) is 89.4 Å². The van der Waals surface area contributed by atoms with Crippen LogP contribution in [0.25, 0.3) is 64.5 Å². The number of nitrogens with two attached hydrogens (primary N) is 2. The first-order valence-corrected chi connectivity index (χ1v) is 25.8. The summed E-state index contributed by atoms with van der Waals surface area (Å²) in [6.07, 6.45) is 7.63. The second-order valence-electron chi connectivity index (χ2n) is 17.7. The first-order valence-electron chi connectivity index (χ1n) is 24.1. The number of nitrogens with one attached hydrogen (secondary N) is 2. The minimum atomic E-state index is -1.14. The molecule has 0 saturated heterocycles.